The van der Waals surface area contributed by atoms with Crippen LogP contribution in [-0.2, 0) is 4.79 Å². The average Bonchev–Trinajstić information content (AvgIpc) is 2.87. The fourth-order valence-electron chi connectivity index (χ4n) is 2.96. The second-order valence-corrected chi connectivity index (χ2v) is 6.50. The van der Waals surface area contributed by atoms with Crippen LogP contribution in [0.25, 0.3) is 10.9 Å². The van der Waals surface area contributed by atoms with E-state index in [2.05, 4.69) is 15.2 Å². The highest BCUT2D eigenvalue weighted by Gasteiger charge is 2.30. The van der Waals surface area contributed by atoms with E-state index in [9.17, 15) is 4.79 Å². The Labute approximate surface area is 155 Å². The molecule has 0 N–H and O–H groups in total. The summed E-state index contributed by atoms with van der Waals surface area (Å²) in [4.78, 5) is 18.3. The molecule has 0 radical (unpaired) electrons. The first kappa shape index (κ1) is 16.4. The molecule has 26 heavy (non-hydrogen) atoms. The van der Waals surface area contributed by atoms with Crippen LogP contribution in [0.4, 0.5) is 5.69 Å². The Bertz CT molecular complexity index is 1100. The van der Waals surface area contributed by atoms with Gasteiger partial charge in [-0.25, -0.2) is 4.98 Å². The van der Waals surface area contributed by atoms with Crippen molar-refractivity contribution < 1.29 is 4.79 Å². The zero-order chi connectivity index (χ0) is 18.3. The van der Waals surface area contributed by atoms with Gasteiger partial charge in [0, 0.05) is 23.6 Å². The first-order valence-electron chi connectivity index (χ1n) is 8.10. The number of pyridine rings is 1. The topological polar surface area (TPSA) is 57.9 Å². The van der Waals surface area contributed by atoms with Gasteiger partial charge in [0.05, 0.1) is 17.4 Å². The highest BCUT2D eigenvalue weighted by Crippen LogP contribution is 2.27. The molecule has 2 heterocycles. The third kappa shape index (κ3) is 2.76. The number of para-hydroxylation sites is 1. The Balaban J connectivity index is 1.70. The summed E-state index contributed by atoms with van der Waals surface area (Å²) in [6, 6.07) is 15.4. The maximum Gasteiger partial charge on any atom is 0.279 e. The van der Waals surface area contributed by atoms with E-state index >= 15 is 0 Å². The third-order valence-corrected chi connectivity index (χ3v) is 4.64. The molecule has 0 saturated carbocycles. The average molecular weight is 363 g/mol. The first-order valence-corrected chi connectivity index (χ1v) is 8.48. The number of aromatic nitrogens is 1. The molecule has 1 amide bonds. The number of carbonyl (C=O) groups is 1. The monoisotopic (exact) mass is 362 g/mol. The van der Waals surface area contributed by atoms with Crippen molar-refractivity contribution >= 4 is 46.0 Å². The molecule has 0 aliphatic carbocycles. The van der Waals surface area contributed by atoms with Crippen LogP contribution in [0.15, 0.2) is 58.7 Å². The molecule has 1 aliphatic rings. The van der Waals surface area contributed by atoms with Gasteiger partial charge < -0.3 is 4.90 Å². The molecule has 0 unspecified atom stereocenters. The normalized spacial score (nSPS) is 15.4. The van der Waals surface area contributed by atoms with Gasteiger partial charge in [-0.3, -0.25) is 4.79 Å². The number of benzene rings is 2. The molecule has 0 atom stereocenters. The number of aryl methyl sites for hydroxylation is 1. The van der Waals surface area contributed by atoms with Gasteiger partial charge in [-0.15, -0.1) is 5.10 Å². The molecule has 0 saturated heterocycles. The van der Waals surface area contributed by atoms with Gasteiger partial charge in [-0.1, -0.05) is 41.9 Å². The number of fused-ring (bicyclic) bond motifs is 2. The zero-order valence-corrected chi connectivity index (χ0v) is 15.0. The molecule has 4 rings (SSSR count). The Morgan fingerprint density at radius 2 is 1.96 bits per heavy atom. The van der Waals surface area contributed by atoms with Crippen molar-refractivity contribution in [3.63, 3.8) is 0 Å². The molecular weight excluding hydrogens is 348 g/mol. The number of likely N-dealkylation sites (N-methyl/N-ethyl adjacent to an activating group) is 1. The lowest BCUT2D eigenvalue weighted by atomic mass is 10.1. The first-order chi connectivity index (χ1) is 12.5. The summed E-state index contributed by atoms with van der Waals surface area (Å²) in [6.07, 6.45) is 1.52. The van der Waals surface area contributed by atoms with Crippen molar-refractivity contribution in [1.29, 1.82) is 0 Å². The van der Waals surface area contributed by atoms with Crippen LogP contribution >= 0.6 is 11.6 Å². The molecule has 2 aromatic carbocycles. The van der Waals surface area contributed by atoms with Crippen LogP contribution in [0.1, 0.15) is 16.7 Å². The van der Waals surface area contributed by atoms with E-state index in [0.29, 0.717) is 16.4 Å². The molecule has 0 fully saturated rings. The summed E-state index contributed by atoms with van der Waals surface area (Å²) < 4.78 is 0. The van der Waals surface area contributed by atoms with Gasteiger partial charge in [0.25, 0.3) is 5.91 Å². The van der Waals surface area contributed by atoms with Crippen LogP contribution in [0.5, 0.6) is 0 Å². The minimum Gasteiger partial charge on any atom is -0.309 e. The van der Waals surface area contributed by atoms with Crippen molar-refractivity contribution in [3.8, 4) is 0 Å². The van der Waals surface area contributed by atoms with Crippen molar-refractivity contribution in [2.24, 2.45) is 10.2 Å². The number of hydrogen-bond donors (Lipinski definition) is 0. The molecule has 128 valence electrons. The van der Waals surface area contributed by atoms with Crippen LogP contribution in [0.3, 0.4) is 0 Å². The van der Waals surface area contributed by atoms with E-state index in [1.54, 1.807) is 11.9 Å². The van der Waals surface area contributed by atoms with Crippen molar-refractivity contribution in [2.45, 2.75) is 6.92 Å². The summed E-state index contributed by atoms with van der Waals surface area (Å²) in [6.45, 7) is 2.01. The van der Waals surface area contributed by atoms with E-state index < -0.39 is 0 Å². The number of nitrogens with zero attached hydrogens (tertiary/aromatic N) is 4. The molecule has 0 spiro atoms. The number of halogens is 1. The number of carbonyl (C=O) groups excluding carboxylic acids is 1. The lowest BCUT2D eigenvalue weighted by molar-refractivity contribution is -0.111. The zero-order valence-electron chi connectivity index (χ0n) is 14.3. The maximum absolute atomic E-state index is 12.4. The molecular formula is C20H15ClN4O. The fraction of sp³-hybridized carbons (Fsp3) is 0.100. The van der Waals surface area contributed by atoms with E-state index in [-0.39, 0.29) is 5.91 Å². The van der Waals surface area contributed by atoms with E-state index in [0.717, 1.165) is 27.7 Å². The SMILES string of the molecule is Cc1ccc2cc(/C=N\N=C3\C(=O)N(C)c4ccccc43)c(Cl)nc2c1. The van der Waals surface area contributed by atoms with Crippen molar-refractivity contribution in [2.75, 3.05) is 11.9 Å². The van der Waals surface area contributed by atoms with Crippen LogP contribution in [0.2, 0.25) is 5.15 Å². The van der Waals surface area contributed by atoms with Crippen LogP contribution < -0.4 is 4.90 Å². The number of rotatable bonds is 2. The smallest absolute Gasteiger partial charge is 0.279 e. The molecule has 5 nitrogen and oxygen atoms in total. The Morgan fingerprint density at radius 1 is 1.15 bits per heavy atom. The number of amides is 1. The highest BCUT2D eigenvalue weighted by molar-refractivity contribution is 6.54. The molecule has 6 heteroatoms. The van der Waals surface area contributed by atoms with Gasteiger partial charge in [0.15, 0.2) is 5.71 Å². The van der Waals surface area contributed by atoms with Gasteiger partial charge in [-0.05, 0) is 30.7 Å². The molecule has 3 aromatic rings. The summed E-state index contributed by atoms with van der Waals surface area (Å²) in [5, 5.41) is 9.54. The highest BCUT2D eigenvalue weighted by atomic mass is 35.5. The lowest BCUT2D eigenvalue weighted by Crippen LogP contribution is -2.25. The predicted molar refractivity (Wildman–Crippen MR) is 105 cm³/mol. The second-order valence-electron chi connectivity index (χ2n) is 6.14. The van der Waals surface area contributed by atoms with Gasteiger partial charge in [0.1, 0.15) is 5.15 Å². The quantitative estimate of drug-likeness (QED) is 0.393. The summed E-state index contributed by atoms with van der Waals surface area (Å²) >= 11 is 6.26. The summed E-state index contributed by atoms with van der Waals surface area (Å²) in [5.41, 5.74) is 4.53. The minimum atomic E-state index is -0.179. The molecule has 1 aliphatic heterocycles. The minimum absolute atomic E-state index is 0.179. The second kappa shape index (κ2) is 6.35. The Kier molecular flexibility index (Phi) is 4.01. The predicted octanol–water partition coefficient (Wildman–Crippen LogP) is 4.00. The van der Waals surface area contributed by atoms with Crippen molar-refractivity contribution in [1.82, 2.24) is 4.98 Å². The van der Waals surface area contributed by atoms with E-state index in [1.165, 1.54) is 6.21 Å². The maximum atomic E-state index is 12.4. The van der Waals surface area contributed by atoms with Crippen molar-refractivity contribution in [3.05, 3.63) is 70.4 Å². The van der Waals surface area contributed by atoms with E-state index in [4.69, 9.17) is 11.6 Å². The largest absolute Gasteiger partial charge is 0.309 e. The number of hydrogen-bond acceptors (Lipinski definition) is 4. The lowest BCUT2D eigenvalue weighted by Gasteiger charge is -2.07. The van der Waals surface area contributed by atoms with Crippen LogP contribution in [-0.4, -0.2) is 29.9 Å². The molecule has 0 bridgehead atoms. The summed E-state index contributed by atoms with van der Waals surface area (Å²) in [5.74, 6) is -0.179. The fourth-order valence-corrected chi connectivity index (χ4v) is 3.15. The van der Waals surface area contributed by atoms with Gasteiger partial charge >= 0.3 is 0 Å². The van der Waals surface area contributed by atoms with Crippen LogP contribution in [0, 0.1) is 6.92 Å². The summed E-state index contributed by atoms with van der Waals surface area (Å²) in [7, 11) is 1.72. The van der Waals surface area contributed by atoms with E-state index in [1.807, 2.05) is 55.5 Å². The third-order valence-electron chi connectivity index (χ3n) is 4.34. The Hall–Kier alpha value is -3.05. The Morgan fingerprint density at radius 3 is 2.81 bits per heavy atom. The van der Waals surface area contributed by atoms with Gasteiger partial charge in [-0.2, -0.15) is 5.10 Å². The number of anilines is 1. The van der Waals surface area contributed by atoms with Gasteiger partial charge in [0.2, 0.25) is 0 Å². The molecule has 1 aromatic heterocycles. The standard InChI is InChI=1S/C20H15ClN4O/c1-12-7-8-13-10-14(19(21)23-16(13)9-12)11-22-24-18-15-5-3-4-6-17(15)25(2)20(18)26/h3-11H,1-2H3/b22-11-,24-18+.